The van der Waals surface area contributed by atoms with E-state index in [0.29, 0.717) is 6.42 Å². The van der Waals surface area contributed by atoms with Gasteiger partial charge in [0.15, 0.2) is 0 Å². The van der Waals surface area contributed by atoms with Crippen LogP contribution in [0.5, 0.6) is 0 Å². The summed E-state index contributed by atoms with van der Waals surface area (Å²) in [5.74, 6) is 0. The number of hydrogen-bond donors (Lipinski definition) is 1. The molecule has 1 aromatic rings. The minimum atomic E-state index is -4.08. The van der Waals surface area contributed by atoms with Crippen LogP contribution in [-0.4, -0.2) is 18.3 Å². The lowest BCUT2D eigenvalue weighted by molar-refractivity contribution is 0.483. The van der Waals surface area contributed by atoms with Gasteiger partial charge in [-0.1, -0.05) is 12.1 Å². The molecule has 3 nitrogen and oxygen atoms in total. The van der Waals surface area contributed by atoms with Gasteiger partial charge in [0.1, 0.15) is 0 Å². The smallest absolute Gasteiger partial charge is 0.282 e. The molecular formula is C9H11ClO3S. The standard InChI is InChI=1S/C9H11ClO3S/c1-7(10)6-8-2-4-9(5-3-8)14(11,12)13/h2-5,7H,6H2,1H3,(H,11,12,13). The average molecular weight is 235 g/mol. The predicted molar refractivity (Wildman–Crippen MR) is 55.3 cm³/mol. The summed E-state index contributed by atoms with van der Waals surface area (Å²) in [4.78, 5) is -0.0940. The molecule has 1 atom stereocenters. The molecule has 0 heterocycles. The maximum atomic E-state index is 10.7. The van der Waals surface area contributed by atoms with E-state index in [4.69, 9.17) is 16.2 Å². The zero-order valence-corrected chi connectivity index (χ0v) is 9.22. The van der Waals surface area contributed by atoms with E-state index in [2.05, 4.69) is 0 Å². The van der Waals surface area contributed by atoms with Crippen molar-refractivity contribution in [3.8, 4) is 0 Å². The van der Waals surface area contributed by atoms with Crippen LogP contribution < -0.4 is 0 Å². The fourth-order valence-corrected chi connectivity index (χ4v) is 1.78. The van der Waals surface area contributed by atoms with Crippen molar-refractivity contribution in [2.45, 2.75) is 23.6 Å². The summed E-state index contributed by atoms with van der Waals surface area (Å²) >= 11 is 5.77. The van der Waals surface area contributed by atoms with Gasteiger partial charge in [-0.2, -0.15) is 8.42 Å². The predicted octanol–water partition coefficient (Wildman–Crippen LogP) is 2.10. The first-order valence-corrected chi connectivity index (χ1v) is 5.98. The second-order valence-electron chi connectivity index (χ2n) is 3.10. The Labute approximate surface area is 88.5 Å². The molecule has 0 bridgehead atoms. The van der Waals surface area contributed by atoms with Gasteiger partial charge < -0.3 is 0 Å². The fourth-order valence-electron chi connectivity index (χ4n) is 1.12. The van der Waals surface area contributed by atoms with Gasteiger partial charge in [-0.05, 0) is 31.0 Å². The van der Waals surface area contributed by atoms with Crippen LogP contribution in [0.1, 0.15) is 12.5 Å². The quantitative estimate of drug-likeness (QED) is 0.644. The zero-order valence-electron chi connectivity index (χ0n) is 7.64. The zero-order chi connectivity index (χ0) is 10.8. The van der Waals surface area contributed by atoms with Gasteiger partial charge in [-0.15, -0.1) is 11.6 Å². The Bertz CT molecular complexity index is 395. The molecule has 1 unspecified atom stereocenters. The first-order valence-electron chi connectivity index (χ1n) is 4.10. The van der Waals surface area contributed by atoms with E-state index in [1.807, 2.05) is 6.92 Å². The molecule has 0 aliphatic rings. The van der Waals surface area contributed by atoms with Crippen LogP contribution in [0.4, 0.5) is 0 Å². The van der Waals surface area contributed by atoms with Crippen molar-refractivity contribution < 1.29 is 13.0 Å². The highest BCUT2D eigenvalue weighted by molar-refractivity contribution is 7.85. The summed E-state index contributed by atoms with van der Waals surface area (Å²) in [7, 11) is -4.08. The molecule has 0 saturated heterocycles. The molecule has 0 aromatic heterocycles. The van der Waals surface area contributed by atoms with Gasteiger partial charge in [0.05, 0.1) is 4.90 Å². The highest BCUT2D eigenvalue weighted by atomic mass is 35.5. The number of benzene rings is 1. The normalized spacial score (nSPS) is 13.9. The van der Waals surface area contributed by atoms with Gasteiger partial charge in [0.25, 0.3) is 10.1 Å². The number of alkyl halides is 1. The molecule has 0 aliphatic carbocycles. The molecule has 1 aromatic carbocycles. The Morgan fingerprint density at radius 3 is 2.21 bits per heavy atom. The minimum Gasteiger partial charge on any atom is -0.282 e. The first kappa shape index (κ1) is 11.5. The summed E-state index contributed by atoms with van der Waals surface area (Å²) < 4.78 is 30.1. The summed E-state index contributed by atoms with van der Waals surface area (Å²) in [5.41, 5.74) is 0.944. The maximum absolute atomic E-state index is 10.7. The molecule has 0 spiro atoms. The molecule has 5 heteroatoms. The van der Waals surface area contributed by atoms with Crippen molar-refractivity contribution in [3.05, 3.63) is 29.8 Å². The van der Waals surface area contributed by atoms with Crippen molar-refractivity contribution in [1.29, 1.82) is 0 Å². The van der Waals surface area contributed by atoms with E-state index in [1.54, 1.807) is 12.1 Å². The highest BCUT2D eigenvalue weighted by Crippen LogP contribution is 2.12. The van der Waals surface area contributed by atoms with Crippen molar-refractivity contribution in [3.63, 3.8) is 0 Å². The summed E-state index contributed by atoms with van der Waals surface area (Å²) in [6, 6.07) is 6.01. The van der Waals surface area contributed by atoms with E-state index in [-0.39, 0.29) is 10.3 Å². The summed E-state index contributed by atoms with van der Waals surface area (Å²) in [6.45, 7) is 1.86. The third kappa shape index (κ3) is 3.29. The van der Waals surface area contributed by atoms with E-state index in [0.717, 1.165) is 5.56 Å². The van der Waals surface area contributed by atoms with Crippen molar-refractivity contribution in [2.75, 3.05) is 0 Å². The number of hydrogen-bond acceptors (Lipinski definition) is 2. The third-order valence-electron chi connectivity index (χ3n) is 1.74. The molecule has 78 valence electrons. The van der Waals surface area contributed by atoms with Gasteiger partial charge >= 0.3 is 0 Å². The minimum absolute atomic E-state index is 0.00610. The number of rotatable bonds is 3. The second kappa shape index (κ2) is 4.29. The molecule has 0 radical (unpaired) electrons. The molecule has 1 N–H and O–H groups in total. The second-order valence-corrected chi connectivity index (χ2v) is 5.27. The fraction of sp³-hybridized carbons (Fsp3) is 0.333. The van der Waals surface area contributed by atoms with E-state index < -0.39 is 10.1 Å². The largest absolute Gasteiger partial charge is 0.294 e. The lowest BCUT2D eigenvalue weighted by Gasteiger charge is -2.03. The van der Waals surface area contributed by atoms with Crippen LogP contribution in [0, 0.1) is 0 Å². The Balaban J connectivity index is 2.90. The molecule has 14 heavy (non-hydrogen) atoms. The van der Waals surface area contributed by atoms with Crippen molar-refractivity contribution >= 4 is 21.7 Å². The molecule has 0 fully saturated rings. The van der Waals surface area contributed by atoms with E-state index in [1.165, 1.54) is 12.1 Å². The molecule has 0 amide bonds. The SMILES string of the molecule is CC(Cl)Cc1ccc(S(=O)(=O)O)cc1. The van der Waals surface area contributed by atoms with Crippen LogP contribution in [-0.2, 0) is 16.5 Å². The number of halogens is 1. The topological polar surface area (TPSA) is 54.4 Å². The molecule has 0 aliphatic heterocycles. The Hall–Kier alpha value is -0.580. The first-order chi connectivity index (χ1) is 6.39. The Morgan fingerprint density at radius 2 is 1.86 bits per heavy atom. The van der Waals surface area contributed by atoms with Crippen molar-refractivity contribution in [1.82, 2.24) is 0 Å². The molecular weight excluding hydrogens is 224 g/mol. The van der Waals surface area contributed by atoms with Gasteiger partial charge in [0.2, 0.25) is 0 Å². The Kier molecular flexibility index (Phi) is 3.53. The average Bonchev–Trinajstić information content (AvgIpc) is 2.02. The lowest BCUT2D eigenvalue weighted by atomic mass is 10.1. The maximum Gasteiger partial charge on any atom is 0.294 e. The van der Waals surface area contributed by atoms with E-state index in [9.17, 15) is 8.42 Å². The molecule has 0 saturated carbocycles. The van der Waals surface area contributed by atoms with Gasteiger partial charge in [0, 0.05) is 5.38 Å². The van der Waals surface area contributed by atoms with Crippen LogP contribution >= 0.6 is 11.6 Å². The van der Waals surface area contributed by atoms with Crippen molar-refractivity contribution in [2.24, 2.45) is 0 Å². The van der Waals surface area contributed by atoms with Gasteiger partial charge in [-0.3, -0.25) is 4.55 Å². The van der Waals surface area contributed by atoms with Crippen LogP contribution in [0.15, 0.2) is 29.2 Å². The Morgan fingerprint density at radius 1 is 1.36 bits per heavy atom. The van der Waals surface area contributed by atoms with E-state index >= 15 is 0 Å². The van der Waals surface area contributed by atoms with Crippen LogP contribution in [0.25, 0.3) is 0 Å². The third-order valence-corrected chi connectivity index (χ3v) is 2.76. The monoisotopic (exact) mass is 234 g/mol. The summed E-state index contributed by atoms with van der Waals surface area (Å²) in [5, 5.41) is 0.00610. The van der Waals surface area contributed by atoms with Gasteiger partial charge in [-0.25, -0.2) is 0 Å². The van der Waals surface area contributed by atoms with Crippen LogP contribution in [0.3, 0.4) is 0 Å². The van der Waals surface area contributed by atoms with Crippen LogP contribution in [0.2, 0.25) is 0 Å². The summed E-state index contributed by atoms with van der Waals surface area (Å²) in [6.07, 6.45) is 0.674. The highest BCUT2D eigenvalue weighted by Gasteiger charge is 2.08. The lowest BCUT2D eigenvalue weighted by Crippen LogP contribution is -2.00. The molecule has 1 rings (SSSR count).